The van der Waals surface area contributed by atoms with Crippen LogP contribution in [0.1, 0.15) is 0 Å². The second-order valence-corrected chi connectivity index (χ2v) is 5.93. The van der Waals surface area contributed by atoms with Gasteiger partial charge in [0.1, 0.15) is 10.6 Å². The summed E-state index contributed by atoms with van der Waals surface area (Å²) in [6, 6.07) is 0.136. The zero-order chi connectivity index (χ0) is 17.3. The molecule has 0 aliphatic rings. The number of hydrogen-bond acceptors (Lipinski definition) is 6. The summed E-state index contributed by atoms with van der Waals surface area (Å²) < 4.78 is 90.1. The van der Waals surface area contributed by atoms with Gasteiger partial charge in [-0.05, 0) is 0 Å². The Morgan fingerprint density at radius 1 is 1.27 bits per heavy atom. The zero-order valence-electron chi connectivity index (χ0n) is 9.80. The summed E-state index contributed by atoms with van der Waals surface area (Å²) in [5.74, 6) is -2.86. The fourth-order valence-corrected chi connectivity index (χ4v) is 2.25. The molecule has 22 heavy (non-hydrogen) atoms. The molecule has 0 aliphatic carbocycles. The normalized spacial score (nSPS) is 12.3. The van der Waals surface area contributed by atoms with E-state index >= 15 is 0 Å². The summed E-state index contributed by atoms with van der Waals surface area (Å²) in [6.07, 6.45) is -5.31. The summed E-state index contributed by atoms with van der Waals surface area (Å²) >= 11 is 0. The molecule has 124 valence electrons. The van der Waals surface area contributed by atoms with Gasteiger partial charge in [-0.2, -0.15) is 8.78 Å². The minimum Gasteiger partial charge on any atom is -0.426 e. The zero-order valence-corrected chi connectivity index (χ0v) is 11.4. The smallest absolute Gasteiger partial charge is 0.426 e. The third-order valence-electron chi connectivity index (χ3n) is 1.91. The lowest BCUT2D eigenvalue weighted by Crippen LogP contribution is -2.18. The summed E-state index contributed by atoms with van der Waals surface area (Å²) in [5, 5.41) is 10.7. The van der Waals surface area contributed by atoms with Crippen molar-refractivity contribution in [3.8, 4) is 11.5 Å². The number of nitrogens with zero attached hydrogens (tertiary/aromatic N) is 1. The molecule has 0 bridgehead atoms. The summed E-state index contributed by atoms with van der Waals surface area (Å²) in [5.41, 5.74) is -1.50. The fraction of sp³-hybridized carbons (Fsp3) is 0.250. The molecule has 0 fully saturated rings. The van der Waals surface area contributed by atoms with Gasteiger partial charge >= 0.3 is 18.7 Å². The highest BCUT2D eigenvalue weighted by molar-refractivity contribution is 8.13. The first kappa shape index (κ1) is 18.2. The first-order valence-corrected chi connectivity index (χ1v) is 7.10. The average molecular weight is 372 g/mol. The molecule has 0 saturated heterocycles. The van der Waals surface area contributed by atoms with Crippen LogP contribution >= 0.6 is 10.7 Å². The van der Waals surface area contributed by atoms with E-state index in [1.165, 1.54) is 0 Å². The van der Waals surface area contributed by atoms with Gasteiger partial charge in [-0.1, -0.05) is 0 Å². The van der Waals surface area contributed by atoms with E-state index in [1.54, 1.807) is 0 Å². The van der Waals surface area contributed by atoms with Gasteiger partial charge in [0.15, 0.2) is 0 Å². The number of rotatable bonds is 5. The van der Waals surface area contributed by atoms with Crippen LogP contribution in [0.15, 0.2) is 17.0 Å². The van der Waals surface area contributed by atoms with Gasteiger partial charge < -0.3 is 9.47 Å². The van der Waals surface area contributed by atoms with E-state index in [2.05, 4.69) is 9.47 Å². The van der Waals surface area contributed by atoms with E-state index in [1.807, 2.05) is 0 Å². The van der Waals surface area contributed by atoms with E-state index < -0.39 is 49.0 Å². The predicted molar refractivity (Wildman–Crippen MR) is 59.5 cm³/mol. The predicted octanol–water partition coefficient (Wildman–Crippen LogP) is 3.02. The number of halogens is 6. The van der Waals surface area contributed by atoms with Crippen LogP contribution < -0.4 is 9.47 Å². The minimum atomic E-state index is -5.31. The van der Waals surface area contributed by atoms with Crippen molar-refractivity contribution in [1.82, 2.24) is 0 Å². The third kappa shape index (κ3) is 4.84. The Bertz CT molecular complexity index is 691. The largest absolute Gasteiger partial charge is 0.573 e. The quantitative estimate of drug-likeness (QED) is 0.342. The molecule has 1 aromatic rings. The second kappa shape index (κ2) is 6.08. The molecule has 7 nitrogen and oxygen atoms in total. The van der Waals surface area contributed by atoms with Crippen LogP contribution in [0.5, 0.6) is 11.5 Å². The van der Waals surface area contributed by atoms with Crippen molar-refractivity contribution in [2.75, 3.05) is 0 Å². The van der Waals surface area contributed by atoms with Gasteiger partial charge in [0.25, 0.3) is 9.05 Å². The Kier molecular flexibility index (Phi) is 5.02. The first-order valence-electron chi connectivity index (χ1n) is 4.79. The van der Waals surface area contributed by atoms with E-state index in [4.69, 9.17) is 10.7 Å². The summed E-state index contributed by atoms with van der Waals surface area (Å²) in [4.78, 5) is 7.80. The van der Waals surface area contributed by atoms with Crippen molar-refractivity contribution in [1.29, 1.82) is 0 Å². The van der Waals surface area contributed by atoms with E-state index in [0.29, 0.717) is 0 Å². The molecule has 14 heteroatoms. The number of alkyl halides is 5. The van der Waals surface area contributed by atoms with Crippen molar-refractivity contribution < 1.29 is 44.8 Å². The van der Waals surface area contributed by atoms with Crippen LogP contribution in [0.3, 0.4) is 0 Å². The van der Waals surface area contributed by atoms with E-state index in [-0.39, 0.29) is 12.1 Å². The van der Waals surface area contributed by atoms with E-state index in [0.717, 1.165) is 0 Å². The fourth-order valence-electron chi connectivity index (χ4n) is 1.28. The van der Waals surface area contributed by atoms with Crippen LogP contribution in [0, 0.1) is 10.1 Å². The molecule has 0 aromatic heterocycles. The highest BCUT2D eigenvalue weighted by Gasteiger charge is 2.35. The molecule has 1 rings (SSSR count). The Labute approximate surface area is 122 Å². The summed E-state index contributed by atoms with van der Waals surface area (Å²) in [7, 11) is -0.0962. The van der Waals surface area contributed by atoms with Gasteiger partial charge in [-0.25, -0.2) is 8.42 Å². The SMILES string of the molecule is O=[N+]([O-])c1cc(OC(F)(F)F)cc(S(=O)(=O)Cl)c1OC(F)F. The van der Waals surface area contributed by atoms with Crippen molar-refractivity contribution in [3.63, 3.8) is 0 Å². The van der Waals surface area contributed by atoms with Gasteiger partial charge in [-0.3, -0.25) is 10.1 Å². The molecule has 0 radical (unpaired) electrons. The van der Waals surface area contributed by atoms with Gasteiger partial charge in [0, 0.05) is 16.7 Å². The van der Waals surface area contributed by atoms with Crippen LogP contribution in [-0.2, 0) is 9.05 Å². The lowest BCUT2D eigenvalue weighted by Gasteiger charge is -2.13. The van der Waals surface area contributed by atoms with Crippen molar-refractivity contribution >= 4 is 25.4 Å². The Hall–Kier alpha value is -1.89. The van der Waals surface area contributed by atoms with Crippen molar-refractivity contribution in [2.24, 2.45) is 0 Å². The van der Waals surface area contributed by atoms with Gasteiger partial charge in [0.2, 0.25) is 5.75 Å². The molecule has 0 unspecified atom stereocenters. The van der Waals surface area contributed by atoms with Gasteiger partial charge in [-0.15, -0.1) is 13.2 Å². The number of nitro benzene ring substituents is 1. The molecule has 1 aromatic carbocycles. The van der Waals surface area contributed by atoms with Crippen LogP contribution in [0.2, 0.25) is 0 Å². The van der Waals surface area contributed by atoms with E-state index in [9.17, 15) is 40.5 Å². The molecular weight excluding hydrogens is 369 g/mol. The third-order valence-corrected chi connectivity index (χ3v) is 3.24. The molecule has 0 atom stereocenters. The average Bonchev–Trinajstić information content (AvgIpc) is 2.26. The van der Waals surface area contributed by atoms with Crippen LogP contribution in [0.4, 0.5) is 27.6 Å². The first-order chi connectivity index (χ1) is 9.81. The number of ether oxygens (including phenoxy) is 2. The topological polar surface area (TPSA) is 95.7 Å². The molecule has 0 aliphatic heterocycles. The molecular formula is C8H3ClF5NO6S. The Morgan fingerprint density at radius 2 is 1.82 bits per heavy atom. The Morgan fingerprint density at radius 3 is 2.18 bits per heavy atom. The lowest BCUT2D eigenvalue weighted by atomic mass is 10.3. The molecule has 0 N–H and O–H groups in total. The highest BCUT2D eigenvalue weighted by Crippen LogP contribution is 2.41. The minimum absolute atomic E-state index is 0.0662. The lowest BCUT2D eigenvalue weighted by molar-refractivity contribution is -0.386. The second-order valence-electron chi connectivity index (χ2n) is 3.39. The van der Waals surface area contributed by atoms with Crippen LogP contribution in [-0.4, -0.2) is 26.3 Å². The molecule has 0 amide bonds. The number of benzene rings is 1. The number of nitro groups is 1. The maximum Gasteiger partial charge on any atom is 0.573 e. The highest BCUT2D eigenvalue weighted by atomic mass is 35.7. The standard InChI is InChI=1S/C8H3ClF5NO6S/c9-22(18,19)5-2-3(21-8(12,13)14)1-4(15(16)17)6(5)20-7(10)11/h1-2,7H. The summed E-state index contributed by atoms with van der Waals surface area (Å²) in [6.45, 7) is -3.69. The van der Waals surface area contributed by atoms with Gasteiger partial charge in [0.05, 0.1) is 11.0 Å². The maximum absolute atomic E-state index is 12.2. The maximum atomic E-state index is 12.2. The van der Waals surface area contributed by atoms with Crippen LogP contribution in [0.25, 0.3) is 0 Å². The number of hydrogen-bond donors (Lipinski definition) is 0. The van der Waals surface area contributed by atoms with Crippen molar-refractivity contribution in [2.45, 2.75) is 17.9 Å². The molecule has 0 spiro atoms. The molecule has 0 heterocycles. The monoisotopic (exact) mass is 371 g/mol. The molecule has 0 saturated carbocycles. The van der Waals surface area contributed by atoms with Crippen molar-refractivity contribution in [3.05, 3.63) is 22.2 Å². The Balaban J connectivity index is 3.64.